The Labute approximate surface area is 109 Å². The lowest BCUT2D eigenvalue weighted by Crippen LogP contribution is -2.39. The fourth-order valence-corrected chi connectivity index (χ4v) is 2.13. The molecule has 0 aromatic heterocycles. The van der Waals surface area contributed by atoms with Gasteiger partial charge in [-0.15, -0.1) is 0 Å². The molecule has 1 aliphatic heterocycles. The first-order valence-corrected chi connectivity index (χ1v) is 6.62. The summed E-state index contributed by atoms with van der Waals surface area (Å²) in [4.78, 5) is 12.1. The van der Waals surface area contributed by atoms with Crippen LogP contribution in [0.4, 0.5) is 0 Å². The third-order valence-electron chi connectivity index (χ3n) is 3.32. The van der Waals surface area contributed by atoms with Gasteiger partial charge in [0.25, 0.3) is 0 Å². The van der Waals surface area contributed by atoms with Gasteiger partial charge in [0, 0.05) is 25.1 Å². The third kappa shape index (κ3) is 3.40. The van der Waals surface area contributed by atoms with Crippen LogP contribution in [0.3, 0.4) is 0 Å². The molecule has 3 heteroatoms. The largest absolute Gasteiger partial charge is 0.375 e. The van der Waals surface area contributed by atoms with Gasteiger partial charge < -0.3 is 10.1 Å². The minimum absolute atomic E-state index is 0.0241. The number of nitrogens with one attached hydrogen (secondary N) is 1. The summed E-state index contributed by atoms with van der Waals surface area (Å²) < 4.78 is 5.55. The Morgan fingerprint density at radius 1 is 1.39 bits per heavy atom. The van der Waals surface area contributed by atoms with Crippen LogP contribution >= 0.6 is 0 Å². The van der Waals surface area contributed by atoms with Crippen molar-refractivity contribution in [1.29, 1.82) is 0 Å². The van der Waals surface area contributed by atoms with Crippen LogP contribution in [0.1, 0.15) is 42.1 Å². The molecule has 0 bridgehead atoms. The predicted molar refractivity (Wildman–Crippen MR) is 72.1 cm³/mol. The van der Waals surface area contributed by atoms with Crippen molar-refractivity contribution < 1.29 is 9.53 Å². The van der Waals surface area contributed by atoms with Crippen molar-refractivity contribution in [2.24, 2.45) is 0 Å². The van der Waals surface area contributed by atoms with E-state index in [4.69, 9.17) is 4.74 Å². The molecule has 0 spiro atoms. The fourth-order valence-electron chi connectivity index (χ4n) is 2.13. The molecule has 0 amide bonds. The molecule has 1 N–H and O–H groups in total. The van der Waals surface area contributed by atoms with Crippen LogP contribution < -0.4 is 5.32 Å². The van der Waals surface area contributed by atoms with E-state index in [9.17, 15) is 4.79 Å². The Balaban J connectivity index is 1.95. The van der Waals surface area contributed by atoms with Crippen molar-refractivity contribution in [3.8, 4) is 0 Å². The first-order chi connectivity index (χ1) is 8.66. The molecule has 1 unspecified atom stereocenters. The van der Waals surface area contributed by atoms with Gasteiger partial charge in [-0.2, -0.15) is 0 Å². The number of ketones is 1. The minimum atomic E-state index is 0.0241. The second kappa shape index (κ2) is 6.12. The molecule has 98 valence electrons. The first-order valence-electron chi connectivity index (χ1n) is 6.62. The average Bonchev–Trinajstić information content (AvgIpc) is 2.40. The van der Waals surface area contributed by atoms with Gasteiger partial charge in [0.05, 0.1) is 12.7 Å². The molecular formula is C15H21NO2. The highest BCUT2D eigenvalue weighted by molar-refractivity contribution is 5.96. The molecule has 1 aliphatic rings. The van der Waals surface area contributed by atoms with Crippen LogP contribution in [0, 0.1) is 0 Å². The van der Waals surface area contributed by atoms with Crippen LogP contribution in [0.15, 0.2) is 24.3 Å². The van der Waals surface area contributed by atoms with Gasteiger partial charge in [0.15, 0.2) is 5.78 Å². The van der Waals surface area contributed by atoms with Gasteiger partial charge in [0.2, 0.25) is 0 Å². The van der Waals surface area contributed by atoms with E-state index in [0.717, 1.165) is 18.7 Å². The third-order valence-corrected chi connectivity index (χ3v) is 3.32. The summed E-state index contributed by atoms with van der Waals surface area (Å²) in [6.07, 6.45) is 0.490. The maximum Gasteiger partial charge on any atom is 0.165 e. The van der Waals surface area contributed by atoms with Crippen molar-refractivity contribution in [3.05, 3.63) is 35.4 Å². The van der Waals surface area contributed by atoms with Gasteiger partial charge >= 0.3 is 0 Å². The quantitative estimate of drug-likeness (QED) is 0.830. The van der Waals surface area contributed by atoms with Gasteiger partial charge in [-0.3, -0.25) is 4.79 Å². The summed E-state index contributed by atoms with van der Waals surface area (Å²) in [7, 11) is 0. The highest BCUT2D eigenvalue weighted by Crippen LogP contribution is 2.16. The monoisotopic (exact) mass is 247 g/mol. The Morgan fingerprint density at radius 3 is 2.67 bits per heavy atom. The van der Waals surface area contributed by atoms with E-state index in [2.05, 4.69) is 19.2 Å². The van der Waals surface area contributed by atoms with Gasteiger partial charge in [-0.05, 0) is 11.5 Å². The van der Waals surface area contributed by atoms with Crippen molar-refractivity contribution in [1.82, 2.24) is 5.32 Å². The van der Waals surface area contributed by atoms with E-state index in [1.807, 2.05) is 24.3 Å². The number of hydrogen-bond donors (Lipinski definition) is 1. The lowest BCUT2D eigenvalue weighted by molar-refractivity contribution is 0.0240. The summed E-state index contributed by atoms with van der Waals surface area (Å²) in [5, 5.41) is 3.24. The molecule has 18 heavy (non-hydrogen) atoms. The summed E-state index contributed by atoms with van der Waals surface area (Å²) in [5.74, 6) is 0.666. The van der Waals surface area contributed by atoms with Crippen molar-refractivity contribution in [2.45, 2.75) is 32.3 Å². The van der Waals surface area contributed by atoms with E-state index in [1.54, 1.807) is 0 Å². The summed E-state index contributed by atoms with van der Waals surface area (Å²) >= 11 is 0. The Bertz CT molecular complexity index is 391. The summed E-state index contributed by atoms with van der Waals surface area (Å²) in [5.41, 5.74) is 2.05. The maximum absolute atomic E-state index is 12.1. The number of carbonyl (C=O) groups excluding carboxylic acids is 1. The molecule has 1 saturated heterocycles. The molecule has 1 atom stereocenters. The molecular weight excluding hydrogens is 226 g/mol. The average molecular weight is 247 g/mol. The Hall–Kier alpha value is -1.19. The molecule has 1 heterocycles. The van der Waals surface area contributed by atoms with Crippen LogP contribution in [0.25, 0.3) is 0 Å². The van der Waals surface area contributed by atoms with Crippen molar-refractivity contribution in [2.75, 3.05) is 19.7 Å². The van der Waals surface area contributed by atoms with Gasteiger partial charge in [-0.25, -0.2) is 0 Å². The lowest BCUT2D eigenvalue weighted by Gasteiger charge is -2.23. The number of benzene rings is 1. The molecule has 0 radical (unpaired) electrons. The molecule has 0 saturated carbocycles. The molecule has 1 aromatic rings. The zero-order chi connectivity index (χ0) is 13.0. The highest BCUT2D eigenvalue weighted by atomic mass is 16.5. The zero-order valence-electron chi connectivity index (χ0n) is 11.1. The Kier molecular flexibility index (Phi) is 4.50. The number of hydrogen-bond acceptors (Lipinski definition) is 3. The smallest absolute Gasteiger partial charge is 0.165 e. The highest BCUT2D eigenvalue weighted by Gasteiger charge is 2.18. The van der Waals surface area contributed by atoms with E-state index in [0.29, 0.717) is 18.9 Å². The number of ether oxygens (including phenoxy) is 1. The minimum Gasteiger partial charge on any atom is -0.375 e. The fraction of sp³-hybridized carbons (Fsp3) is 0.533. The van der Waals surface area contributed by atoms with Gasteiger partial charge in [0.1, 0.15) is 0 Å². The topological polar surface area (TPSA) is 38.3 Å². The van der Waals surface area contributed by atoms with E-state index in [1.165, 1.54) is 5.56 Å². The van der Waals surface area contributed by atoms with Crippen LogP contribution in [-0.2, 0) is 4.74 Å². The van der Waals surface area contributed by atoms with E-state index in [-0.39, 0.29) is 11.9 Å². The first kappa shape index (κ1) is 13.2. The molecule has 1 aromatic carbocycles. The second-order valence-corrected chi connectivity index (χ2v) is 5.10. The standard InChI is InChI=1S/C15H21NO2/c1-11(2)12-3-5-13(6-4-12)15(17)9-14-10-16-7-8-18-14/h3-6,11,14,16H,7-10H2,1-2H3. The number of morpholine rings is 1. The van der Waals surface area contributed by atoms with E-state index < -0.39 is 0 Å². The summed E-state index contributed by atoms with van der Waals surface area (Å²) in [6.45, 7) is 6.66. The Morgan fingerprint density at radius 2 is 2.11 bits per heavy atom. The normalized spacial score (nSPS) is 20.1. The SMILES string of the molecule is CC(C)c1ccc(C(=O)CC2CNCCO2)cc1. The zero-order valence-corrected chi connectivity index (χ0v) is 11.1. The van der Waals surface area contributed by atoms with E-state index >= 15 is 0 Å². The summed E-state index contributed by atoms with van der Waals surface area (Å²) in [6, 6.07) is 7.93. The number of Topliss-reactive ketones (excluding diaryl/α,β-unsaturated/α-hetero) is 1. The predicted octanol–water partition coefficient (Wildman–Crippen LogP) is 2.37. The van der Waals surface area contributed by atoms with Gasteiger partial charge in [-0.1, -0.05) is 38.1 Å². The second-order valence-electron chi connectivity index (χ2n) is 5.10. The molecule has 2 rings (SSSR count). The van der Waals surface area contributed by atoms with Crippen LogP contribution in [0.5, 0.6) is 0 Å². The maximum atomic E-state index is 12.1. The van der Waals surface area contributed by atoms with Crippen molar-refractivity contribution >= 4 is 5.78 Å². The van der Waals surface area contributed by atoms with Crippen LogP contribution in [-0.4, -0.2) is 31.6 Å². The number of rotatable bonds is 4. The lowest BCUT2D eigenvalue weighted by atomic mass is 9.98. The molecule has 3 nitrogen and oxygen atoms in total. The number of carbonyl (C=O) groups is 1. The van der Waals surface area contributed by atoms with Crippen molar-refractivity contribution in [3.63, 3.8) is 0 Å². The molecule has 1 fully saturated rings. The molecule has 0 aliphatic carbocycles. The van der Waals surface area contributed by atoms with Crippen LogP contribution in [0.2, 0.25) is 0 Å².